The Balaban J connectivity index is 1.78. The Hall–Kier alpha value is -3.27. The van der Waals surface area contributed by atoms with Gasteiger partial charge < -0.3 is 10.3 Å². The van der Waals surface area contributed by atoms with Gasteiger partial charge in [0.1, 0.15) is 23.5 Å². The molecule has 0 aliphatic rings. The monoisotopic (exact) mass is 517 g/mol. The maximum Gasteiger partial charge on any atom is 0.267 e. The van der Waals surface area contributed by atoms with Crippen molar-refractivity contribution in [1.29, 1.82) is 0 Å². The van der Waals surface area contributed by atoms with Gasteiger partial charge in [-0.2, -0.15) is 0 Å². The zero-order valence-corrected chi connectivity index (χ0v) is 19.7. The van der Waals surface area contributed by atoms with Crippen LogP contribution in [0.5, 0.6) is 0 Å². The standard InChI is InChI=1S/C22H15Cl3FN7O/c1-2-14(31-20-18-19(28-8-27-18)29-9-30-20)21-32-15-4-3-13(26)17(25)16(15)22(34)33(21)12-6-10(23)5-11(24)7-12/h3-9,14H,2H2,1H3,(H2,27,28,29,30,31)/t14-/m0/s1. The van der Waals surface area contributed by atoms with Gasteiger partial charge in [0.25, 0.3) is 5.56 Å². The molecule has 8 nitrogen and oxygen atoms in total. The van der Waals surface area contributed by atoms with Crippen molar-refractivity contribution in [3.63, 3.8) is 0 Å². The van der Waals surface area contributed by atoms with Crippen molar-refractivity contribution >= 4 is 62.7 Å². The average Bonchev–Trinajstić information content (AvgIpc) is 3.28. The lowest BCUT2D eigenvalue weighted by Gasteiger charge is -2.22. The van der Waals surface area contributed by atoms with Crippen LogP contribution >= 0.6 is 34.8 Å². The minimum atomic E-state index is -0.719. The van der Waals surface area contributed by atoms with Crippen LogP contribution in [0.2, 0.25) is 15.1 Å². The molecule has 0 amide bonds. The number of anilines is 1. The van der Waals surface area contributed by atoms with Crippen molar-refractivity contribution in [1.82, 2.24) is 29.5 Å². The second kappa shape index (κ2) is 8.83. The molecule has 0 bridgehead atoms. The van der Waals surface area contributed by atoms with Gasteiger partial charge in [0.2, 0.25) is 0 Å². The summed E-state index contributed by atoms with van der Waals surface area (Å²) >= 11 is 18.6. The van der Waals surface area contributed by atoms with E-state index in [2.05, 4.69) is 25.3 Å². The molecule has 5 rings (SSSR count). The lowest BCUT2D eigenvalue weighted by Crippen LogP contribution is -2.28. The highest BCUT2D eigenvalue weighted by Crippen LogP contribution is 2.30. The number of hydrogen-bond donors (Lipinski definition) is 2. The fraction of sp³-hybridized carbons (Fsp3) is 0.136. The highest BCUT2D eigenvalue weighted by atomic mass is 35.5. The number of aromatic nitrogens is 6. The zero-order chi connectivity index (χ0) is 24.0. The highest BCUT2D eigenvalue weighted by molar-refractivity contribution is 6.35. The summed E-state index contributed by atoms with van der Waals surface area (Å²) in [6.07, 6.45) is 3.42. The predicted molar refractivity (Wildman–Crippen MR) is 131 cm³/mol. The van der Waals surface area contributed by atoms with E-state index >= 15 is 0 Å². The molecule has 0 fully saturated rings. The molecule has 0 aliphatic carbocycles. The fourth-order valence-corrected chi connectivity index (χ4v) is 4.52. The van der Waals surface area contributed by atoms with Crippen molar-refractivity contribution in [2.45, 2.75) is 19.4 Å². The molecule has 0 radical (unpaired) electrons. The maximum atomic E-state index is 14.2. The lowest BCUT2D eigenvalue weighted by molar-refractivity contribution is 0.628. The summed E-state index contributed by atoms with van der Waals surface area (Å²) in [5.41, 5.74) is 1.14. The highest BCUT2D eigenvalue weighted by Gasteiger charge is 2.24. The van der Waals surface area contributed by atoms with Crippen LogP contribution in [0.3, 0.4) is 0 Å². The Labute approximate surface area is 206 Å². The molecular formula is C22H15Cl3FN7O. The van der Waals surface area contributed by atoms with E-state index in [4.69, 9.17) is 39.8 Å². The molecule has 0 unspecified atom stereocenters. The first-order valence-corrected chi connectivity index (χ1v) is 11.3. The first kappa shape index (κ1) is 22.5. The largest absolute Gasteiger partial charge is 0.358 e. The number of H-pyrrole nitrogens is 1. The number of nitrogens with one attached hydrogen (secondary N) is 2. The molecule has 34 heavy (non-hydrogen) atoms. The summed E-state index contributed by atoms with van der Waals surface area (Å²) in [4.78, 5) is 34.1. The van der Waals surface area contributed by atoms with Crippen LogP contribution in [-0.2, 0) is 0 Å². The second-order valence-electron chi connectivity index (χ2n) is 7.42. The van der Waals surface area contributed by atoms with Gasteiger partial charge in [0.05, 0.1) is 34.0 Å². The first-order valence-electron chi connectivity index (χ1n) is 10.1. The normalized spacial score (nSPS) is 12.4. The van der Waals surface area contributed by atoms with Gasteiger partial charge in [-0.25, -0.2) is 24.3 Å². The van der Waals surface area contributed by atoms with E-state index in [1.54, 1.807) is 18.2 Å². The number of imidazole rings is 1. The van der Waals surface area contributed by atoms with E-state index in [1.165, 1.54) is 29.4 Å². The number of nitrogens with zero attached hydrogens (tertiary/aromatic N) is 5. The van der Waals surface area contributed by atoms with Crippen LogP contribution in [-0.4, -0.2) is 29.5 Å². The quantitative estimate of drug-likeness (QED) is 0.309. The van der Waals surface area contributed by atoms with Gasteiger partial charge in [-0.15, -0.1) is 0 Å². The molecule has 0 spiro atoms. The molecule has 3 aromatic heterocycles. The van der Waals surface area contributed by atoms with Gasteiger partial charge in [0, 0.05) is 10.0 Å². The Morgan fingerprint density at radius 3 is 2.62 bits per heavy atom. The van der Waals surface area contributed by atoms with Gasteiger partial charge >= 0.3 is 0 Å². The summed E-state index contributed by atoms with van der Waals surface area (Å²) < 4.78 is 15.6. The van der Waals surface area contributed by atoms with E-state index in [-0.39, 0.29) is 15.9 Å². The summed E-state index contributed by atoms with van der Waals surface area (Å²) in [5.74, 6) is 0.0761. The fourth-order valence-electron chi connectivity index (χ4n) is 3.76. The van der Waals surface area contributed by atoms with E-state index < -0.39 is 17.4 Å². The van der Waals surface area contributed by atoms with E-state index in [0.29, 0.717) is 45.0 Å². The molecule has 2 N–H and O–H groups in total. The van der Waals surface area contributed by atoms with Crippen LogP contribution in [0.25, 0.3) is 27.8 Å². The van der Waals surface area contributed by atoms with E-state index in [1.807, 2.05) is 6.92 Å². The van der Waals surface area contributed by atoms with Crippen LogP contribution in [0.1, 0.15) is 25.2 Å². The number of benzene rings is 2. The van der Waals surface area contributed by atoms with E-state index in [9.17, 15) is 9.18 Å². The molecule has 0 aliphatic heterocycles. The lowest BCUT2D eigenvalue weighted by atomic mass is 10.1. The van der Waals surface area contributed by atoms with Crippen LogP contribution < -0.4 is 10.9 Å². The molecule has 2 aromatic carbocycles. The van der Waals surface area contributed by atoms with Crippen LogP contribution in [0.15, 0.2) is 47.8 Å². The SMILES string of the molecule is CC[C@H](Nc1ncnc2[nH]cnc12)c1nc2ccc(F)c(Cl)c2c(=O)n1-c1cc(Cl)cc(Cl)c1. The average molecular weight is 519 g/mol. The zero-order valence-electron chi connectivity index (χ0n) is 17.5. The van der Waals surface area contributed by atoms with Gasteiger partial charge in [-0.1, -0.05) is 41.7 Å². The van der Waals surface area contributed by atoms with Gasteiger partial charge in [-0.3, -0.25) is 9.36 Å². The topological polar surface area (TPSA) is 101 Å². The Morgan fingerprint density at radius 1 is 1.12 bits per heavy atom. The number of halogens is 4. The molecule has 12 heteroatoms. The van der Waals surface area contributed by atoms with Gasteiger partial charge in [-0.05, 0) is 36.8 Å². The second-order valence-corrected chi connectivity index (χ2v) is 8.67. The van der Waals surface area contributed by atoms with Crippen LogP contribution in [0, 0.1) is 5.82 Å². The molecule has 172 valence electrons. The molecule has 5 aromatic rings. The molecule has 0 saturated carbocycles. The predicted octanol–water partition coefficient (Wildman–Crippen LogP) is 5.71. The van der Waals surface area contributed by atoms with Gasteiger partial charge in [0.15, 0.2) is 11.5 Å². The molecule has 0 saturated heterocycles. The van der Waals surface area contributed by atoms with Crippen molar-refractivity contribution in [3.8, 4) is 5.69 Å². The third-order valence-corrected chi connectivity index (χ3v) is 6.11. The van der Waals surface area contributed by atoms with Crippen molar-refractivity contribution in [2.24, 2.45) is 0 Å². The number of rotatable bonds is 5. The Morgan fingerprint density at radius 2 is 1.88 bits per heavy atom. The third-order valence-electron chi connectivity index (χ3n) is 5.31. The summed E-state index contributed by atoms with van der Waals surface area (Å²) in [5, 5.41) is 3.59. The molecular weight excluding hydrogens is 504 g/mol. The molecule has 1 atom stereocenters. The minimum absolute atomic E-state index is 0.0481. The molecule has 3 heterocycles. The summed E-state index contributed by atoms with van der Waals surface area (Å²) in [6, 6.07) is 6.77. The first-order chi connectivity index (χ1) is 16.4. The maximum absolute atomic E-state index is 14.2. The van der Waals surface area contributed by atoms with Crippen molar-refractivity contribution < 1.29 is 4.39 Å². The smallest absolute Gasteiger partial charge is 0.267 e. The number of hydrogen-bond acceptors (Lipinski definition) is 6. The summed E-state index contributed by atoms with van der Waals surface area (Å²) in [6.45, 7) is 1.92. The number of fused-ring (bicyclic) bond motifs is 2. The van der Waals surface area contributed by atoms with Crippen molar-refractivity contribution in [3.05, 3.63) is 80.0 Å². The minimum Gasteiger partial charge on any atom is -0.358 e. The third kappa shape index (κ3) is 3.85. The Bertz CT molecular complexity index is 1600. The van der Waals surface area contributed by atoms with E-state index in [0.717, 1.165) is 0 Å². The Kier molecular flexibility index (Phi) is 5.85. The van der Waals surface area contributed by atoms with Crippen molar-refractivity contribution in [2.75, 3.05) is 5.32 Å². The summed E-state index contributed by atoms with van der Waals surface area (Å²) in [7, 11) is 0. The van der Waals surface area contributed by atoms with Crippen LogP contribution in [0.4, 0.5) is 10.2 Å². The number of aromatic amines is 1.